The highest BCUT2D eigenvalue weighted by atomic mass is 127. The molecule has 0 N–H and O–H groups in total. The highest BCUT2D eigenvalue weighted by Crippen LogP contribution is 2.27. The summed E-state index contributed by atoms with van der Waals surface area (Å²) in [6.07, 6.45) is -0.0500. The summed E-state index contributed by atoms with van der Waals surface area (Å²) in [5.74, 6) is -3.66. The summed E-state index contributed by atoms with van der Waals surface area (Å²) in [7, 11) is 1.29. The van der Waals surface area contributed by atoms with Gasteiger partial charge in [0.15, 0.2) is 11.6 Å². The van der Waals surface area contributed by atoms with Crippen LogP contribution in [0.3, 0.4) is 0 Å². The zero-order chi connectivity index (χ0) is 20.4. The van der Waals surface area contributed by atoms with Gasteiger partial charge < -0.3 is 9.64 Å². The minimum atomic E-state index is -1.16. The number of nitrogens with zero attached hydrogens (tertiary/aromatic N) is 1. The van der Waals surface area contributed by atoms with Crippen molar-refractivity contribution in [2.24, 2.45) is 5.92 Å². The maximum atomic E-state index is 14.5. The molecule has 2 aromatic rings. The Morgan fingerprint density at radius 2 is 1.86 bits per heavy atom. The van der Waals surface area contributed by atoms with Crippen molar-refractivity contribution in [2.45, 2.75) is 12.8 Å². The standard InChI is InChI=1S/C20H17F3INO3/c1-28-18(26)6-11-9-25(10-11)20(27)14-4-5-16(21)19(23)15(14)7-12-2-3-13(24)8-17(12)22/h2-5,8,11H,6-7,9-10H2,1H3. The van der Waals surface area contributed by atoms with E-state index >= 15 is 0 Å². The Bertz CT molecular complexity index is 929. The van der Waals surface area contributed by atoms with E-state index in [1.807, 2.05) is 22.6 Å². The smallest absolute Gasteiger partial charge is 0.305 e. The number of hydrogen-bond acceptors (Lipinski definition) is 3. The Hall–Kier alpha value is -2.10. The van der Waals surface area contributed by atoms with E-state index in [0.717, 1.165) is 6.07 Å². The molecule has 0 atom stereocenters. The first-order valence-electron chi connectivity index (χ1n) is 8.57. The fourth-order valence-corrected chi connectivity index (χ4v) is 3.63. The third-order valence-corrected chi connectivity index (χ3v) is 5.41. The van der Waals surface area contributed by atoms with Crippen LogP contribution >= 0.6 is 22.6 Å². The molecule has 0 unspecified atom stereocenters. The van der Waals surface area contributed by atoms with Crippen molar-refractivity contribution in [3.8, 4) is 0 Å². The van der Waals surface area contributed by atoms with Gasteiger partial charge in [0.05, 0.1) is 13.5 Å². The second-order valence-corrected chi connectivity index (χ2v) is 7.90. The van der Waals surface area contributed by atoms with Crippen molar-refractivity contribution in [1.82, 2.24) is 4.90 Å². The van der Waals surface area contributed by atoms with Gasteiger partial charge in [-0.25, -0.2) is 13.2 Å². The molecule has 28 heavy (non-hydrogen) atoms. The quantitative estimate of drug-likeness (QED) is 0.459. The lowest BCUT2D eigenvalue weighted by atomic mass is 9.93. The predicted octanol–water partition coefficient (Wildman–Crippen LogP) is 3.93. The lowest BCUT2D eigenvalue weighted by molar-refractivity contribution is -0.142. The van der Waals surface area contributed by atoms with E-state index in [9.17, 15) is 22.8 Å². The Balaban J connectivity index is 1.83. The first-order valence-corrected chi connectivity index (χ1v) is 9.65. The molecule has 1 heterocycles. The van der Waals surface area contributed by atoms with E-state index in [1.54, 1.807) is 6.07 Å². The monoisotopic (exact) mass is 503 g/mol. The maximum absolute atomic E-state index is 14.5. The lowest BCUT2D eigenvalue weighted by Gasteiger charge is -2.39. The third kappa shape index (κ3) is 4.31. The van der Waals surface area contributed by atoms with Crippen LogP contribution in [-0.2, 0) is 16.0 Å². The van der Waals surface area contributed by atoms with Crippen LogP contribution in [0.15, 0.2) is 30.3 Å². The molecular formula is C20H17F3INO3. The summed E-state index contributed by atoms with van der Waals surface area (Å²) in [4.78, 5) is 25.5. The van der Waals surface area contributed by atoms with Crippen LogP contribution < -0.4 is 0 Å². The van der Waals surface area contributed by atoms with Gasteiger partial charge in [-0.3, -0.25) is 9.59 Å². The van der Waals surface area contributed by atoms with Gasteiger partial charge in [-0.05, 0) is 52.4 Å². The molecule has 1 saturated heterocycles. The van der Waals surface area contributed by atoms with Gasteiger partial charge in [-0.1, -0.05) is 6.07 Å². The lowest BCUT2D eigenvalue weighted by Crippen LogP contribution is -2.50. The highest BCUT2D eigenvalue weighted by molar-refractivity contribution is 14.1. The molecule has 3 rings (SSSR count). The topological polar surface area (TPSA) is 46.6 Å². The molecule has 1 fully saturated rings. The molecule has 8 heteroatoms. The molecule has 0 saturated carbocycles. The van der Waals surface area contributed by atoms with Crippen LogP contribution in [0.5, 0.6) is 0 Å². The molecule has 4 nitrogen and oxygen atoms in total. The van der Waals surface area contributed by atoms with E-state index in [4.69, 9.17) is 0 Å². The van der Waals surface area contributed by atoms with Gasteiger partial charge in [-0.15, -0.1) is 0 Å². The summed E-state index contributed by atoms with van der Waals surface area (Å²) < 4.78 is 47.7. The van der Waals surface area contributed by atoms with Crippen molar-refractivity contribution < 1.29 is 27.5 Å². The van der Waals surface area contributed by atoms with Crippen LogP contribution in [0.2, 0.25) is 0 Å². The van der Waals surface area contributed by atoms with Crippen LogP contribution in [0.1, 0.15) is 27.9 Å². The molecule has 0 bridgehead atoms. The van der Waals surface area contributed by atoms with Crippen LogP contribution in [0.4, 0.5) is 13.2 Å². The number of ether oxygens (including phenoxy) is 1. The largest absolute Gasteiger partial charge is 0.469 e. The zero-order valence-electron chi connectivity index (χ0n) is 15.0. The van der Waals surface area contributed by atoms with E-state index < -0.39 is 23.4 Å². The number of carbonyl (C=O) groups excluding carboxylic acids is 2. The molecule has 1 aliphatic heterocycles. The first kappa shape index (κ1) is 20.6. The molecule has 1 amide bonds. The highest BCUT2D eigenvalue weighted by Gasteiger charge is 2.34. The summed E-state index contributed by atoms with van der Waals surface area (Å²) in [5.41, 5.74) is -0.0129. The molecule has 1 aliphatic rings. The predicted molar refractivity (Wildman–Crippen MR) is 104 cm³/mol. The Labute approximate surface area is 173 Å². The number of halogens is 4. The second kappa shape index (κ2) is 8.50. The number of hydrogen-bond donors (Lipinski definition) is 0. The number of amides is 1. The Morgan fingerprint density at radius 1 is 1.14 bits per heavy atom. The number of likely N-dealkylation sites (tertiary alicyclic amines) is 1. The Kier molecular flexibility index (Phi) is 6.26. The average Bonchev–Trinajstić information content (AvgIpc) is 2.63. The molecular weight excluding hydrogens is 486 g/mol. The van der Waals surface area contributed by atoms with Crippen molar-refractivity contribution in [2.75, 3.05) is 20.2 Å². The van der Waals surface area contributed by atoms with Gasteiger partial charge >= 0.3 is 5.97 Å². The van der Waals surface area contributed by atoms with E-state index in [2.05, 4.69) is 4.74 Å². The zero-order valence-corrected chi connectivity index (χ0v) is 17.1. The van der Waals surface area contributed by atoms with Gasteiger partial charge in [0.1, 0.15) is 5.82 Å². The maximum Gasteiger partial charge on any atom is 0.305 e. The summed E-state index contributed by atoms with van der Waals surface area (Å²) in [5, 5.41) is 0. The van der Waals surface area contributed by atoms with E-state index in [1.165, 1.54) is 30.2 Å². The SMILES string of the molecule is COC(=O)CC1CN(C(=O)c2ccc(F)c(F)c2Cc2ccc(I)cc2F)C1. The fraction of sp³-hybridized carbons (Fsp3) is 0.300. The fourth-order valence-electron chi connectivity index (χ4n) is 3.18. The minimum Gasteiger partial charge on any atom is -0.469 e. The summed E-state index contributed by atoms with van der Waals surface area (Å²) in [6, 6.07) is 6.55. The van der Waals surface area contributed by atoms with Crippen LogP contribution in [0, 0.1) is 26.9 Å². The van der Waals surface area contributed by atoms with E-state index in [-0.39, 0.29) is 41.4 Å². The first-order chi connectivity index (χ1) is 13.3. The van der Waals surface area contributed by atoms with Gasteiger partial charge in [0.2, 0.25) is 0 Å². The van der Waals surface area contributed by atoms with Crippen molar-refractivity contribution in [1.29, 1.82) is 0 Å². The normalized spacial score (nSPS) is 14.0. The molecule has 0 radical (unpaired) electrons. The average molecular weight is 503 g/mol. The number of methoxy groups -OCH3 is 1. The van der Waals surface area contributed by atoms with Crippen molar-refractivity contribution in [3.05, 3.63) is 68.0 Å². The van der Waals surface area contributed by atoms with Gasteiger partial charge in [0.25, 0.3) is 5.91 Å². The molecule has 0 spiro atoms. The number of rotatable bonds is 5. The minimum absolute atomic E-state index is 0.00614. The molecule has 2 aromatic carbocycles. The van der Waals surface area contributed by atoms with Gasteiger partial charge in [0, 0.05) is 40.1 Å². The summed E-state index contributed by atoms with van der Waals surface area (Å²) in [6.45, 7) is 0.647. The Morgan fingerprint density at radius 3 is 2.50 bits per heavy atom. The number of carbonyl (C=O) groups is 2. The molecule has 0 aromatic heterocycles. The second-order valence-electron chi connectivity index (χ2n) is 6.66. The van der Waals surface area contributed by atoms with Crippen LogP contribution in [0.25, 0.3) is 0 Å². The van der Waals surface area contributed by atoms with Gasteiger partial charge in [-0.2, -0.15) is 0 Å². The number of esters is 1. The third-order valence-electron chi connectivity index (χ3n) is 4.74. The van der Waals surface area contributed by atoms with Crippen molar-refractivity contribution in [3.63, 3.8) is 0 Å². The molecule has 148 valence electrons. The molecule has 0 aliphatic carbocycles. The number of benzene rings is 2. The van der Waals surface area contributed by atoms with E-state index in [0.29, 0.717) is 16.7 Å². The summed E-state index contributed by atoms with van der Waals surface area (Å²) >= 11 is 1.95. The van der Waals surface area contributed by atoms with Crippen LogP contribution in [-0.4, -0.2) is 37.0 Å². The van der Waals surface area contributed by atoms with Crippen molar-refractivity contribution >= 4 is 34.5 Å².